The summed E-state index contributed by atoms with van der Waals surface area (Å²) >= 11 is 5.03. The van der Waals surface area contributed by atoms with Gasteiger partial charge in [-0.15, -0.1) is 0 Å². The van der Waals surface area contributed by atoms with Crippen LogP contribution in [0.25, 0.3) is 11.1 Å². The molecule has 2 aromatic carbocycles. The van der Waals surface area contributed by atoms with E-state index in [9.17, 15) is 0 Å². The summed E-state index contributed by atoms with van der Waals surface area (Å²) in [4.78, 5) is 0. The zero-order valence-corrected chi connectivity index (χ0v) is 11.1. The smallest absolute Gasteiger partial charge is 0.166 e. The minimum absolute atomic E-state index is 0.669. The molecule has 0 aliphatic carbocycles. The highest BCUT2D eigenvalue weighted by atomic mass is 32.1. The van der Waals surface area contributed by atoms with Crippen LogP contribution in [-0.4, -0.2) is 12.2 Å². The molecule has 0 bridgehead atoms. The minimum Gasteiger partial charge on any atom is -0.366 e. The SMILES string of the molecule is CNC(=S)NCc1ccc(-c2ccccc2)cc1. The molecule has 0 fully saturated rings. The van der Waals surface area contributed by atoms with Crippen LogP contribution in [0.4, 0.5) is 0 Å². The van der Waals surface area contributed by atoms with Gasteiger partial charge in [0, 0.05) is 13.6 Å². The van der Waals surface area contributed by atoms with Gasteiger partial charge in [0.25, 0.3) is 0 Å². The van der Waals surface area contributed by atoms with E-state index in [2.05, 4.69) is 59.2 Å². The molecule has 0 aliphatic rings. The maximum absolute atomic E-state index is 5.03. The summed E-state index contributed by atoms with van der Waals surface area (Å²) in [5, 5.41) is 6.69. The van der Waals surface area contributed by atoms with Crippen molar-refractivity contribution in [1.82, 2.24) is 10.6 Å². The van der Waals surface area contributed by atoms with Crippen molar-refractivity contribution in [2.24, 2.45) is 0 Å². The van der Waals surface area contributed by atoms with E-state index in [1.807, 2.05) is 13.1 Å². The Labute approximate surface area is 113 Å². The van der Waals surface area contributed by atoms with Crippen LogP contribution in [0.1, 0.15) is 5.56 Å². The Bertz CT molecular complexity index is 506. The molecule has 2 rings (SSSR count). The first kappa shape index (κ1) is 12.6. The normalized spacial score (nSPS) is 9.83. The lowest BCUT2D eigenvalue weighted by molar-refractivity contribution is 0.891. The average molecular weight is 256 g/mol. The second-order valence-electron chi connectivity index (χ2n) is 4.00. The van der Waals surface area contributed by atoms with Crippen LogP contribution >= 0.6 is 12.2 Å². The Hall–Kier alpha value is -1.87. The van der Waals surface area contributed by atoms with Gasteiger partial charge in [-0.2, -0.15) is 0 Å². The molecular weight excluding hydrogens is 240 g/mol. The molecule has 92 valence electrons. The first-order valence-electron chi connectivity index (χ1n) is 5.89. The predicted octanol–water partition coefficient (Wildman–Crippen LogP) is 2.95. The third kappa shape index (κ3) is 3.31. The number of hydrogen-bond acceptors (Lipinski definition) is 1. The standard InChI is InChI=1S/C15H16N2S/c1-16-15(18)17-11-12-7-9-14(10-8-12)13-5-3-2-4-6-13/h2-10H,11H2,1H3,(H2,16,17,18). The number of rotatable bonds is 3. The fourth-order valence-corrected chi connectivity index (χ4v) is 1.79. The van der Waals surface area contributed by atoms with Gasteiger partial charge in [0.05, 0.1) is 0 Å². The lowest BCUT2D eigenvalue weighted by Gasteiger charge is -2.08. The molecule has 0 heterocycles. The maximum Gasteiger partial charge on any atom is 0.166 e. The molecule has 0 aliphatic heterocycles. The molecule has 18 heavy (non-hydrogen) atoms. The molecule has 3 heteroatoms. The van der Waals surface area contributed by atoms with E-state index in [1.54, 1.807) is 0 Å². The van der Waals surface area contributed by atoms with Crippen LogP contribution in [0.5, 0.6) is 0 Å². The third-order valence-electron chi connectivity index (χ3n) is 2.74. The summed E-state index contributed by atoms with van der Waals surface area (Å²) < 4.78 is 0. The Morgan fingerprint density at radius 1 is 0.944 bits per heavy atom. The lowest BCUT2D eigenvalue weighted by Crippen LogP contribution is -2.31. The highest BCUT2D eigenvalue weighted by Gasteiger charge is 1.98. The van der Waals surface area contributed by atoms with E-state index >= 15 is 0 Å². The van der Waals surface area contributed by atoms with E-state index in [1.165, 1.54) is 16.7 Å². The largest absolute Gasteiger partial charge is 0.366 e. The van der Waals surface area contributed by atoms with Crippen molar-refractivity contribution >= 4 is 17.3 Å². The first-order chi connectivity index (χ1) is 8.79. The first-order valence-corrected chi connectivity index (χ1v) is 6.30. The Balaban J connectivity index is 2.04. The highest BCUT2D eigenvalue weighted by Crippen LogP contribution is 2.19. The third-order valence-corrected chi connectivity index (χ3v) is 3.09. The summed E-state index contributed by atoms with van der Waals surface area (Å²) in [6.45, 7) is 0.745. The summed E-state index contributed by atoms with van der Waals surface area (Å²) in [5.74, 6) is 0. The van der Waals surface area contributed by atoms with Crippen molar-refractivity contribution in [3.8, 4) is 11.1 Å². The van der Waals surface area contributed by atoms with Crippen LogP contribution in [-0.2, 0) is 6.54 Å². The predicted molar refractivity (Wildman–Crippen MR) is 80.4 cm³/mol. The Kier molecular flexibility index (Phi) is 4.31. The number of nitrogens with one attached hydrogen (secondary N) is 2. The van der Waals surface area contributed by atoms with Gasteiger partial charge in [0.15, 0.2) is 5.11 Å². The van der Waals surface area contributed by atoms with Gasteiger partial charge in [-0.3, -0.25) is 0 Å². The van der Waals surface area contributed by atoms with E-state index in [0.29, 0.717) is 5.11 Å². The second kappa shape index (κ2) is 6.17. The van der Waals surface area contributed by atoms with Gasteiger partial charge < -0.3 is 10.6 Å². The van der Waals surface area contributed by atoms with E-state index in [-0.39, 0.29) is 0 Å². The quantitative estimate of drug-likeness (QED) is 0.826. The summed E-state index contributed by atoms with van der Waals surface area (Å²) in [5.41, 5.74) is 3.69. The van der Waals surface area contributed by atoms with Crippen LogP contribution < -0.4 is 10.6 Å². The van der Waals surface area contributed by atoms with E-state index in [0.717, 1.165) is 6.54 Å². The zero-order chi connectivity index (χ0) is 12.8. The molecular formula is C15H16N2S. The topological polar surface area (TPSA) is 24.1 Å². The van der Waals surface area contributed by atoms with Crippen LogP contribution in [0.15, 0.2) is 54.6 Å². The second-order valence-corrected chi connectivity index (χ2v) is 4.40. The molecule has 0 amide bonds. The molecule has 0 atom stereocenters. The Morgan fingerprint density at radius 3 is 2.17 bits per heavy atom. The van der Waals surface area contributed by atoms with Crippen molar-refractivity contribution in [2.45, 2.75) is 6.54 Å². The Morgan fingerprint density at radius 2 is 1.56 bits per heavy atom. The molecule has 2 nitrogen and oxygen atoms in total. The number of benzene rings is 2. The minimum atomic E-state index is 0.669. The average Bonchev–Trinajstić information content (AvgIpc) is 2.46. The molecule has 0 spiro atoms. The molecule has 0 aromatic heterocycles. The molecule has 0 saturated carbocycles. The molecule has 0 saturated heterocycles. The van der Waals surface area contributed by atoms with Gasteiger partial charge in [0.2, 0.25) is 0 Å². The lowest BCUT2D eigenvalue weighted by atomic mass is 10.0. The fraction of sp³-hybridized carbons (Fsp3) is 0.133. The monoisotopic (exact) mass is 256 g/mol. The van der Waals surface area contributed by atoms with Crippen molar-refractivity contribution < 1.29 is 0 Å². The van der Waals surface area contributed by atoms with Crippen LogP contribution in [0.3, 0.4) is 0 Å². The van der Waals surface area contributed by atoms with Gasteiger partial charge in [-0.25, -0.2) is 0 Å². The number of hydrogen-bond donors (Lipinski definition) is 2. The van der Waals surface area contributed by atoms with Gasteiger partial charge in [-0.1, -0.05) is 54.6 Å². The van der Waals surface area contributed by atoms with Crippen molar-refractivity contribution in [3.05, 3.63) is 60.2 Å². The fourth-order valence-electron chi connectivity index (χ4n) is 1.72. The maximum atomic E-state index is 5.03. The molecule has 0 radical (unpaired) electrons. The van der Waals surface area contributed by atoms with Gasteiger partial charge in [-0.05, 0) is 28.9 Å². The van der Waals surface area contributed by atoms with Gasteiger partial charge >= 0.3 is 0 Å². The molecule has 0 unspecified atom stereocenters. The van der Waals surface area contributed by atoms with Crippen molar-refractivity contribution in [2.75, 3.05) is 7.05 Å². The van der Waals surface area contributed by atoms with Crippen LogP contribution in [0, 0.1) is 0 Å². The van der Waals surface area contributed by atoms with Crippen molar-refractivity contribution in [3.63, 3.8) is 0 Å². The van der Waals surface area contributed by atoms with Crippen LogP contribution in [0.2, 0.25) is 0 Å². The highest BCUT2D eigenvalue weighted by molar-refractivity contribution is 7.80. The van der Waals surface area contributed by atoms with E-state index < -0.39 is 0 Å². The van der Waals surface area contributed by atoms with E-state index in [4.69, 9.17) is 12.2 Å². The summed E-state index contributed by atoms with van der Waals surface area (Å²) in [7, 11) is 1.81. The molecule has 2 N–H and O–H groups in total. The molecule has 2 aromatic rings. The van der Waals surface area contributed by atoms with Gasteiger partial charge in [0.1, 0.15) is 0 Å². The number of thiocarbonyl (C=S) groups is 1. The van der Waals surface area contributed by atoms with Crippen molar-refractivity contribution in [1.29, 1.82) is 0 Å². The summed E-state index contributed by atoms with van der Waals surface area (Å²) in [6, 6.07) is 18.9. The zero-order valence-electron chi connectivity index (χ0n) is 10.3. The summed E-state index contributed by atoms with van der Waals surface area (Å²) in [6.07, 6.45) is 0.